The number of hydrogen-bond donors (Lipinski definition) is 2. The minimum Gasteiger partial charge on any atom is -0.390 e. The third-order valence-corrected chi connectivity index (χ3v) is 6.18. The molecule has 1 unspecified atom stereocenters. The van der Waals surface area contributed by atoms with Gasteiger partial charge in [-0.05, 0) is 37.6 Å². The summed E-state index contributed by atoms with van der Waals surface area (Å²) in [5, 5.41) is 23.5. The summed E-state index contributed by atoms with van der Waals surface area (Å²) in [4.78, 5) is 12.6. The van der Waals surface area contributed by atoms with Crippen LogP contribution >= 0.6 is 11.3 Å². The number of aromatic nitrogens is 2. The molecular formula is C22H27N7OS. The second-order valence-electron chi connectivity index (χ2n) is 7.84. The Balaban J connectivity index is 1.46. The fourth-order valence-electron chi connectivity index (χ4n) is 3.79. The third kappa shape index (κ3) is 5.05. The number of fused-ring (bicyclic) bond motifs is 1. The van der Waals surface area contributed by atoms with Gasteiger partial charge in [-0.15, -0.1) is 11.3 Å². The molecule has 2 aromatic heterocycles. The molecular weight excluding hydrogens is 410 g/mol. The van der Waals surface area contributed by atoms with Crippen LogP contribution in [0.3, 0.4) is 0 Å². The fraction of sp³-hybridized carbons (Fsp3) is 0.409. The van der Waals surface area contributed by atoms with Gasteiger partial charge in [0.25, 0.3) is 0 Å². The van der Waals surface area contributed by atoms with Crippen LogP contribution in [0.4, 0.5) is 0 Å². The number of thiophene rings is 1. The number of rotatable bonds is 9. The Labute approximate surface area is 186 Å². The number of nitrogens with one attached hydrogen (secondary N) is 1. The molecule has 0 saturated carbocycles. The highest BCUT2D eigenvalue weighted by Gasteiger charge is 2.26. The van der Waals surface area contributed by atoms with Gasteiger partial charge in [0, 0.05) is 31.3 Å². The molecule has 4 rings (SSSR count). The SMILES string of the molecule is CC1=CC=CC2N=C(CCc3nc(-c4cccs4)cn3C[C@@H](O)CN(C)CC#N)NN12. The van der Waals surface area contributed by atoms with E-state index < -0.39 is 6.10 Å². The Morgan fingerprint density at radius 1 is 1.42 bits per heavy atom. The molecule has 2 aliphatic rings. The molecule has 4 heterocycles. The topological polar surface area (TPSA) is 92.7 Å². The summed E-state index contributed by atoms with van der Waals surface area (Å²) in [5.74, 6) is 1.85. The second kappa shape index (κ2) is 9.47. The van der Waals surface area contributed by atoms with E-state index >= 15 is 0 Å². The maximum absolute atomic E-state index is 10.6. The molecule has 0 bridgehead atoms. The van der Waals surface area contributed by atoms with Crippen LogP contribution in [0.5, 0.6) is 0 Å². The molecule has 0 spiro atoms. The molecule has 0 saturated heterocycles. The minimum atomic E-state index is -0.587. The van der Waals surface area contributed by atoms with Crippen molar-refractivity contribution in [3.63, 3.8) is 0 Å². The van der Waals surface area contributed by atoms with Crippen LogP contribution in [-0.2, 0) is 13.0 Å². The summed E-state index contributed by atoms with van der Waals surface area (Å²) in [6, 6.07) is 6.18. The van der Waals surface area contributed by atoms with Gasteiger partial charge in [0.1, 0.15) is 11.7 Å². The highest BCUT2D eigenvalue weighted by molar-refractivity contribution is 7.13. The number of likely N-dealkylation sites (N-methyl/N-ethyl adjacent to an activating group) is 1. The van der Waals surface area contributed by atoms with Crippen molar-refractivity contribution in [2.24, 2.45) is 4.99 Å². The summed E-state index contributed by atoms with van der Waals surface area (Å²) in [7, 11) is 1.84. The van der Waals surface area contributed by atoms with E-state index in [0.29, 0.717) is 26.1 Å². The van der Waals surface area contributed by atoms with Crippen molar-refractivity contribution in [1.82, 2.24) is 24.9 Å². The molecule has 31 heavy (non-hydrogen) atoms. The molecule has 2 aliphatic heterocycles. The normalized spacial score (nSPS) is 18.4. The van der Waals surface area contributed by atoms with Crippen LogP contribution in [0.15, 0.2) is 52.6 Å². The Morgan fingerprint density at radius 3 is 3.03 bits per heavy atom. The number of aryl methyl sites for hydroxylation is 1. The summed E-state index contributed by atoms with van der Waals surface area (Å²) < 4.78 is 2.04. The molecule has 9 heteroatoms. The molecule has 162 valence electrons. The lowest BCUT2D eigenvalue weighted by Crippen LogP contribution is -2.39. The first-order valence-corrected chi connectivity index (χ1v) is 11.2. The molecule has 0 amide bonds. The minimum absolute atomic E-state index is 0.0129. The summed E-state index contributed by atoms with van der Waals surface area (Å²) >= 11 is 1.65. The average molecular weight is 438 g/mol. The van der Waals surface area contributed by atoms with Gasteiger partial charge in [-0.1, -0.05) is 12.1 Å². The number of amidine groups is 1. The Bertz CT molecular complexity index is 1030. The van der Waals surface area contributed by atoms with Crippen molar-refractivity contribution in [2.45, 2.75) is 38.6 Å². The fourth-order valence-corrected chi connectivity index (χ4v) is 4.47. The number of aliphatic hydroxyl groups is 1. The lowest BCUT2D eigenvalue weighted by atomic mass is 10.2. The quantitative estimate of drug-likeness (QED) is 0.585. The highest BCUT2D eigenvalue weighted by atomic mass is 32.1. The second-order valence-corrected chi connectivity index (χ2v) is 8.79. The van der Waals surface area contributed by atoms with Gasteiger partial charge in [0.15, 0.2) is 6.17 Å². The number of hydrazine groups is 1. The predicted octanol–water partition coefficient (Wildman–Crippen LogP) is 2.38. The van der Waals surface area contributed by atoms with Crippen molar-refractivity contribution in [1.29, 1.82) is 5.26 Å². The average Bonchev–Trinajstić information content (AvgIpc) is 3.46. The first-order chi connectivity index (χ1) is 15.0. The number of allylic oxidation sites excluding steroid dienone is 3. The van der Waals surface area contributed by atoms with E-state index in [0.717, 1.165) is 34.3 Å². The maximum Gasteiger partial charge on any atom is 0.160 e. The van der Waals surface area contributed by atoms with Gasteiger partial charge in [0.05, 0.1) is 35.8 Å². The van der Waals surface area contributed by atoms with Crippen molar-refractivity contribution in [2.75, 3.05) is 20.1 Å². The molecule has 0 radical (unpaired) electrons. The molecule has 2 aromatic rings. The van der Waals surface area contributed by atoms with Crippen LogP contribution in [0.25, 0.3) is 10.6 Å². The molecule has 0 aliphatic carbocycles. The number of nitriles is 1. The summed E-state index contributed by atoms with van der Waals surface area (Å²) in [6.07, 6.45) is 9.05. The van der Waals surface area contributed by atoms with Crippen LogP contribution in [0.2, 0.25) is 0 Å². The van der Waals surface area contributed by atoms with Gasteiger partial charge in [-0.25, -0.2) is 9.98 Å². The molecule has 0 fully saturated rings. The number of aliphatic hydroxyl groups excluding tert-OH is 1. The van der Waals surface area contributed by atoms with E-state index in [9.17, 15) is 5.11 Å². The van der Waals surface area contributed by atoms with E-state index in [1.165, 1.54) is 0 Å². The van der Waals surface area contributed by atoms with Crippen molar-refractivity contribution < 1.29 is 5.11 Å². The lowest BCUT2D eigenvalue weighted by molar-refractivity contribution is 0.114. The zero-order valence-corrected chi connectivity index (χ0v) is 18.6. The zero-order chi connectivity index (χ0) is 21.8. The molecule has 2 N–H and O–H groups in total. The third-order valence-electron chi connectivity index (χ3n) is 5.29. The number of imidazole rings is 1. The first kappa shape index (κ1) is 21.3. The predicted molar refractivity (Wildman–Crippen MR) is 122 cm³/mol. The van der Waals surface area contributed by atoms with Crippen molar-refractivity contribution in [3.8, 4) is 16.6 Å². The van der Waals surface area contributed by atoms with E-state index in [4.69, 9.17) is 15.2 Å². The van der Waals surface area contributed by atoms with Crippen molar-refractivity contribution >= 4 is 17.2 Å². The van der Waals surface area contributed by atoms with Gasteiger partial charge >= 0.3 is 0 Å². The van der Waals surface area contributed by atoms with Gasteiger partial charge in [0.2, 0.25) is 0 Å². The number of nitrogens with zero attached hydrogens (tertiary/aromatic N) is 6. The monoisotopic (exact) mass is 437 g/mol. The smallest absolute Gasteiger partial charge is 0.160 e. The number of aliphatic imine (C=N–C) groups is 1. The zero-order valence-electron chi connectivity index (χ0n) is 17.8. The highest BCUT2D eigenvalue weighted by Crippen LogP contribution is 2.25. The maximum atomic E-state index is 10.6. The van der Waals surface area contributed by atoms with Gasteiger partial charge in [-0.3, -0.25) is 15.3 Å². The molecule has 0 aromatic carbocycles. The van der Waals surface area contributed by atoms with Crippen LogP contribution in [-0.4, -0.2) is 62.8 Å². The Morgan fingerprint density at radius 2 is 2.29 bits per heavy atom. The largest absolute Gasteiger partial charge is 0.390 e. The number of hydrogen-bond acceptors (Lipinski definition) is 8. The van der Waals surface area contributed by atoms with E-state index in [-0.39, 0.29) is 6.17 Å². The van der Waals surface area contributed by atoms with Gasteiger partial charge < -0.3 is 9.67 Å². The van der Waals surface area contributed by atoms with E-state index in [1.807, 2.05) is 40.2 Å². The van der Waals surface area contributed by atoms with Crippen LogP contribution in [0, 0.1) is 11.3 Å². The standard InChI is InChI=1S/C22H27N7OS/c1-16-5-3-7-22-25-20(26-29(16)22)8-9-21-24-18(19-6-4-12-31-19)15-28(21)14-17(30)13-27(2)11-10-23/h3-7,12,15,17,22,30H,8-9,11,13-14H2,1-2H3,(H,25,26)/t17-,22?/m0/s1. The van der Waals surface area contributed by atoms with Crippen LogP contribution < -0.4 is 5.43 Å². The Hall–Kier alpha value is -2.93. The van der Waals surface area contributed by atoms with E-state index in [2.05, 4.69) is 41.6 Å². The molecule has 8 nitrogen and oxygen atoms in total. The van der Waals surface area contributed by atoms with Gasteiger partial charge in [-0.2, -0.15) is 5.26 Å². The summed E-state index contributed by atoms with van der Waals surface area (Å²) in [5.41, 5.74) is 5.45. The first-order valence-electron chi connectivity index (χ1n) is 10.3. The molecule has 2 atom stereocenters. The summed E-state index contributed by atoms with van der Waals surface area (Å²) in [6.45, 7) is 3.22. The van der Waals surface area contributed by atoms with E-state index in [1.54, 1.807) is 11.3 Å². The van der Waals surface area contributed by atoms with Crippen LogP contribution in [0.1, 0.15) is 19.2 Å². The Kier molecular flexibility index (Phi) is 6.51. The lowest BCUT2D eigenvalue weighted by Gasteiger charge is -2.26. The van der Waals surface area contributed by atoms with Crippen molar-refractivity contribution in [3.05, 3.63) is 53.5 Å².